The number of fused-ring (bicyclic) bond motifs is 2. The van der Waals surface area contributed by atoms with E-state index >= 15 is 0 Å². The van der Waals surface area contributed by atoms with Crippen LogP contribution < -0.4 is 0 Å². The van der Waals surface area contributed by atoms with E-state index in [9.17, 15) is 13.6 Å². The molecule has 0 spiro atoms. The summed E-state index contributed by atoms with van der Waals surface area (Å²) in [5.74, 6) is 0.000633. The number of sulfone groups is 1. The molecule has 0 bridgehead atoms. The van der Waals surface area contributed by atoms with Gasteiger partial charge in [0, 0.05) is 12.0 Å². The van der Waals surface area contributed by atoms with Crippen LogP contribution in [0.3, 0.4) is 0 Å². The largest absolute Gasteiger partial charge is 0.633 e. The Balaban J connectivity index is 2.18. The van der Waals surface area contributed by atoms with Crippen LogP contribution in [-0.4, -0.2) is 33.7 Å². The highest BCUT2D eigenvalue weighted by Crippen LogP contribution is 2.37. The molecule has 5 heteroatoms. The lowest BCUT2D eigenvalue weighted by atomic mass is 9.93. The number of benzene rings is 2. The van der Waals surface area contributed by atoms with E-state index in [2.05, 4.69) is 0 Å². The summed E-state index contributed by atoms with van der Waals surface area (Å²) >= 11 is 0. The summed E-state index contributed by atoms with van der Waals surface area (Å²) in [4.78, 5) is 0.364. The van der Waals surface area contributed by atoms with Crippen LogP contribution in [0.25, 0.3) is 5.57 Å². The zero-order valence-corrected chi connectivity index (χ0v) is 14.7. The molecule has 0 radical (unpaired) electrons. The minimum Gasteiger partial charge on any atom is -0.633 e. The van der Waals surface area contributed by atoms with E-state index in [1.807, 2.05) is 42.5 Å². The third-order valence-corrected chi connectivity index (χ3v) is 5.90. The van der Waals surface area contributed by atoms with Gasteiger partial charge in [-0.2, -0.15) is 0 Å². The van der Waals surface area contributed by atoms with Gasteiger partial charge in [0.2, 0.25) is 0 Å². The molecule has 2 aromatic carbocycles. The van der Waals surface area contributed by atoms with Crippen LogP contribution >= 0.6 is 0 Å². The Morgan fingerprint density at radius 3 is 2.38 bits per heavy atom. The van der Waals surface area contributed by atoms with Crippen molar-refractivity contribution in [3.05, 3.63) is 76.5 Å². The fourth-order valence-electron chi connectivity index (χ4n) is 3.04. The molecule has 0 saturated carbocycles. The van der Waals surface area contributed by atoms with Crippen molar-refractivity contribution in [3.63, 3.8) is 0 Å². The number of hydroxylamine groups is 3. The standard InChI is InChI=1S/C19H21NO3S/c1-20(2,21)13-7-11-17-16-9-4-3-8-15(16)14-24(22,23)19-12-6-5-10-18(17)19/h3-6,8-12H,7,13-14H2,1-2H3/b17-11+. The van der Waals surface area contributed by atoms with Crippen molar-refractivity contribution in [1.82, 2.24) is 0 Å². The molecule has 1 heterocycles. The second-order valence-electron chi connectivity index (χ2n) is 6.62. The molecule has 0 fully saturated rings. The highest BCUT2D eigenvalue weighted by atomic mass is 32.2. The zero-order chi connectivity index (χ0) is 17.4. The smallest absolute Gasteiger partial charge is 0.183 e. The number of rotatable bonds is 3. The van der Waals surface area contributed by atoms with Crippen molar-refractivity contribution in [3.8, 4) is 0 Å². The van der Waals surface area contributed by atoms with Gasteiger partial charge in [-0.05, 0) is 22.8 Å². The van der Waals surface area contributed by atoms with Crippen molar-refractivity contribution in [1.29, 1.82) is 0 Å². The van der Waals surface area contributed by atoms with Gasteiger partial charge in [-0.1, -0.05) is 48.5 Å². The van der Waals surface area contributed by atoms with E-state index in [0.717, 1.165) is 22.3 Å². The zero-order valence-electron chi connectivity index (χ0n) is 13.9. The first-order valence-corrected chi connectivity index (χ1v) is 9.58. The van der Waals surface area contributed by atoms with Crippen LogP contribution in [0.4, 0.5) is 0 Å². The Labute approximate surface area is 143 Å². The van der Waals surface area contributed by atoms with Gasteiger partial charge in [0.25, 0.3) is 0 Å². The first-order chi connectivity index (χ1) is 11.3. The van der Waals surface area contributed by atoms with Gasteiger partial charge < -0.3 is 9.85 Å². The fourth-order valence-corrected chi connectivity index (χ4v) is 4.65. The summed E-state index contributed by atoms with van der Waals surface area (Å²) in [6.07, 6.45) is 2.59. The predicted molar refractivity (Wildman–Crippen MR) is 95.8 cm³/mol. The van der Waals surface area contributed by atoms with Crippen molar-refractivity contribution < 1.29 is 13.1 Å². The molecule has 126 valence electrons. The van der Waals surface area contributed by atoms with Crippen molar-refractivity contribution in [2.75, 3.05) is 20.6 Å². The van der Waals surface area contributed by atoms with E-state index in [-0.39, 0.29) is 10.4 Å². The average Bonchev–Trinajstić information content (AvgIpc) is 2.60. The normalized spacial score (nSPS) is 17.9. The Hall–Kier alpha value is -1.95. The van der Waals surface area contributed by atoms with Gasteiger partial charge in [0.15, 0.2) is 9.84 Å². The lowest BCUT2D eigenvalue weighted by Crippen LogP contribution is -2.32. The minimum absolute atomic E-state index is 0.000633. The average molecular weight is 343 g/mol. The maximum Gasteiger partial charge on any atom is 0.183 e. The minimum atomic E-state index is -3.38. The molecule has 0 aromatic heterocycles. The third kappa shape index (κ3) is 3.43. The number of nitrogens with zero attached hydrogens (tertiary/aromatic N) is 1. The molecule has 4 nitrogen and oxygen atoms in total. The molecule has 0 aliphatic carbocycles. The Morgan fingerprint density at radius 2 is 1.67 bits per heavy atom. The molecular formula is C19H21NO3S. The Kier molecular flexibility index (Phi) is 4.34. The molecule has 0 amide bonds. The summed E-state index contributed by atoms with van der Waals surface area (Å²) in [7, 11) is -0.167. The summed E-state index contributed by atoms with van der Waals surface area (Å²) in [5.41, 5.74) is 3.35. The molecule has 0 saturated heterocycles. The second-order valence-corrected chi connectivity index (χ2v) is 8.57. The van der Waals surface area contributed by atoms with Crippen LogP contribution in [0.1, 0.15) is 23.1 Å². The highest BCUT2D eigenvalue weighted by Gasteiger charge is 2.27. The summed E-state index contributed by atoms with van der Waals surface area (Å²) in [6, 6.07) is 14.7. The lowest BCUT2D eigenvalue weighted by molar-refractivity contribution is -0.839. The summed E-state index contributed by atoms with van der Waals surface area (Å²) in [6.45, 7) is 0.445. The van der Waals surface area contributed by atoms with E-state index in [1.54, 1.807) is 26.2 Å². The molecule has 1 aliphatic rings. The maximum atomic E-state index is 12.8. The summed E-state index contributed by atoms with van der Waals surface area (Å²) < 4.78 is 25.1. The lowest BCUT2D eigenvalue weighted by Gasteiger charge is -2.33. The van der Waals surface area contributed by atoms with Gasteiger partial charge in [-0.15, -0.1) is 0 Å². The monoisotopic (exact) mass is 343 g/mol. The number of hydrogen-bond donors (Lipinski definition) is 0. The molecule has 0 N–H and O–H groups in total. The second kappa shape index (κ2) is 6.16. The van der Waals surface area contributed by atoms with Gasteiger partial charge >= 0.3 is 0 Å². The van der Waals surface area contributed by atoms with E-state index in [1.165, 1.54) is 0 Å². The van der Waals surface area contributed by atoms with Crippen molar-refractivity contribution in [2.45, 2.75) is 17.1 Å². The Bertz CT molecular complexity index is 893. The molecule has 2 aromatic rings. The van der Waals surface area contributed by atoms with Gasteiger partial charge in [0.05, 0.1) is 31.3 Å². The van der Waals surface area contributed by atoms with Gasteiger partial charge in [-0.25, -0.2) is 8.42 Å². The molecule has 24 heavy (non-hydrogen) atoms. The maximum absolute atomic E-state index is 12.8. The molecule has 0 unspecified atom stereocenters. The molecule has 3 rings (SSSR count). The molecule has 1 aliphatic heterocycles. The first-order valence-electron chi connectivity index (χ1n) is 7.92. The summed E-state index contributed by atoms with van der Waals surface area (Å²) in [5, 5.41) is 11.8. The Morgan fingerprint density at radius 1 is 1.04 bits per heavy atom. The van der Waals surface area contributed by atoms with Crippen LogP contribution in [0.2, 0.25) is 0 Å². The van der Waals surface area contributed by atoms with Crippen LogP contribution in [0, 0.1) is 5.21 Å². The number of hydrogen-bond acceptors (Lipinski definition) is 3. The molecule has 0 atom stereocenters. The number of quaternary nitrogens is 1. The van der Waals surface area contributed by atoms with Crippen LogP contribution in [0.5, 0.6) is 0 Å². The van der Waals surface area contributed by atoms with Crippen LogP contribution in [0.15, 0.2) is 59.5 Å². The van der Waals surface area contributed by atoms with Crippen LogP contribution in [-0.2, 0) is 15.6 Å². The topological polar surface area (TPSA) is 57.2 Å². The van der Waals surface area contributed by atoms with E-state index in [4.69, 9.17) is 0 Å². The molecular weight excluding hydrogens is 322 g/mol. The van der Waals surface area contributed by atoms with Crippen molar-refractivity contribution >= 4 is 15.4 Å². The third-order valence-electron chi connectivity index (χ3n) is 4.18. The van der Waals surface area contributed by atoms with E-state index < -0.39 is 9.84 Å². The highest BCUT2D eigenvalue weighted by molar-refractivity contribution is 7.90. The first kappa shape index (κ1) is 16.9. The quantitative estimate of drug-likeness (QED) is 0.634. The van der Waals surface area contributed by atoms with Gasteiger partial charge in [-0.3, -0.25) is 0 Å². The SMILES string of the molecule is C[N+](C)([O-])CC/C=C1\c2ccccc2CS(=O)(=O)c2ccccc21. The van der Waals surface area contributed by atoms with Crippen molar-refractivity contribution in [2.24, 2.45) is 0 Å². The fraction of sp³-hybridized carbons (Fsp3) is 0.263. The van der Waals surface area contributed by atoms with Gasteiger partial charge in [0.1, 0.15) is 0 Å². The van der Waals surface area contributed by atoms with E-state index in [0.29, 0.717) is 17.9 Å². The predicted octanol–water partition coefficient (Wildman–Crippen LogP) is 3.37.